The molecule has 0 aromatic heterocycles. The Balaban J connectivity index is 2.56. The lowest BCUT2D eigenvalue weighted by molar-refractivity contribution is -0.144. The van der Waals surface area contributed by atoms with Crippen LogP contribution in [0.1, 0.15) is 32.6 Å². The molecule has 0 saturated carbocycles. The Morgan fingerprint density at radius 3 is 2.53 bits per heavy atom. The van der Waals surface area contributed by atoms with Crippen LogP contribution >= 0.6 is 0 Å². The number of hydrogen-bond acceptors (Lipinski definition) is 3. The first kappa shape index (κ1) is 12.0. The van der Waals surface area contributed by atoms with Gasteiger partial charge in [0.25, 0.3) is 0 Å². The zero-order valence-electron chi connectivity index (χ0n) is 8.85. The van der Waals surface area contributed by atoms with Gasteiger partial charge in [0.1, 0.15) is 6.04 Å². The van der Waals surface area contributed by atoms with Crippen molar-refractivity contribution in [2.24, 2.45) is 0 Å². The maximum absolute atomic E-state index is 11.0. The predicted molar refractivity (Wildman–Crippen MR) is 53.7 cm³/mol. The lowest BCUT2D eigenvalue weighted by Crippen LogP contribution is -2.43. The topological polar surface area (TPSA) is 77.8 Å². The van der Waals surface area contributed by atoms with Crippen LogP contribution in [0.25, 0.3) is 0 Å². The molecule has 0 bridgehead atoms. The zero-order chi connectivity index (χ0) is 11.4. The van der Waals surface area contributed by atoms with Crippen molar-refractivity contribution < 1.29 is 19.8 Å². The third kappa shape index (κ3) is 3.20. The molecule has 86 valence electrons. The van der Waals surface area contributed by atoms with Crippen LogP contribution in [0.4, 0.5) is 0 Å². The fourth-order valence-electron chi connectivity index (χ4n) is 2.11. The summed E-state index contributed by atoms with van der Waals surface area (Å²) in [5.41, 5.74) is 0. The van der Waals surface area contributed by atoms with E-state index < -0.39 is 18.0 Å². The second kappa shape index (κ2) is 5.11. The molecular formula is C10H17NO4. The molecule has 1 saturated heterocycles. The smallest absolute Gasteiger partial charge is 0.320 e. The molecule has 0 amide bonds. The van der Waals surface area contributed by atoms with Crippen molar-refractivity contribution in [3.8, 4) is 0 Å². The summed E-state index contributed by atoms with van der Waals surface area (Å²) < 4.78 is 0. The molecule has 1 heterocycles. The number of nitrogens with zero attached hydrogens (tertiary/aromatic N) is 1. The molecule has 1 aliphatic heterocycles. The average molecular weight is 215 g/mol. The van der Waals surface area contributed by atoms with E-state index >= 15 is 0 Å². The zero-order valence-corrected chi connectivity index (χ0v) is 8.85. The van der Waals surface area contributed by atoms with E-state index in [2.05, 4.69) is 0 Å². The second-order valence-electron chi connectivity index (χ2n) is 4.02. The van der Waals surface area contributed by atoms with Gasteiger partial charge in [-0.2, -0.15) is 0 Å². The Hall–Kier alpha value is -1.10. The van der Waals surface area contributed by atoms with E-state index in [4.69, 9.17) is 10.2 Å². The molecule has 0 aliphatic carbocycles. The third-order valence-corrected chi connectivity index (χ3v) is 2.92. The Morgan fingerprint density at radius 1 is 1.47 bits per heavy atom. The van der Waals surface area contributed by atoms with Crippen LogP contribution in [-0.4, -0.2) is 45.7 Å². The predicted octanol–water partition coefficient (Wildman–Crippen LogP) is 0.789. The van der Waals surface area contributed by atoms with Gasteiger partial charge in [-0.3, -0.25) is 14.5 Å². The number of likely N-dealkylation sites (tertiary alicyclic amines) is 1. The first-order valence-electron chi connectivity index (χ1n) is 5.22. The van der Waals surface area contributed by atoms with Gasteiger partial charge in [-0.15, -0.1) is 0 Å². The van der Waals surface area contributed by atoms with Gasteiger partial charge in [0, 0.05) is 12.5 Å². The second-order valence-corrected chi connectivity index (χ2v) is 4.02. The van der Waals surface area contributed by atoms with Crippen molar-refractivity contribution in [2.75, 3.05) is 6.54 Å². The van der Waals surface area contributed by atoms with Gasteiger partial charge in [0.2, 0.25) is 0 Å². The highest BCUT2D eigenvalue weighted by molar-refractivity contribution is 5.75. The highest BCUT2D eigenvalue weighted by Crippen LogP contribution is 2.21. The minimum absolute atomic E-state index is 0.0831. The Labute approximate surface area is 88.7 Å². The summed E-state index contributed by atoms with van der Waals surface area (Å²) in [6.07, 6.45) is 2.10. The lowest BCUT2D eigenvalue weighted by atomic mass is 10.1. The third-order valence-electron chi connectivity index (χ3n) is 2.92. The van der Waals surface area contributed by atoms with Crippen molar-refractivity contribution in [2.45, 2.75) is 44.7 Å². The fraction of sp³-hybridized carbons (Fsp3) is 0.800. The first-order chi connectivity index (χ1) is 7.02. The number of aliphatic carboxylic acids is 2. The van der Waals surface area contributed by atoms with Crippen molar-refractivity contribution in [3.63, 3.8) is 0 Å². The van der Waals surface area contributed by atoms with Crippen molar-refractivity contribution in [1.29, 1.82) is 0 Å². The number of rotatable bonds is 5. The van der Waals surface area contributed by atoms with Crippen LogP contribution in [0.2, 0.25) is 0 Å². The number of carboxylic acid groups (broad SMARTS) is 2. The summed E-state index contributed by atoms with van der Waals surface area (Å²) in [6, 6.07) is -0.390. The summed E-state index contributed by atoms with van der Waals surface area (Å²) in [6.45, 7) is 2.75. The van der Waals surface area contributed by atoms with Gasteiger partial charge in [-0.1, -0.05) is 0 Å². The summed E-state index contributed by atoms with van der Waals surface area (Å²) >= 11 is 0. The molecule has 0 spiro atoms. The Morgan fingerprint density at radius 2 is 2.13 bits per heavy atom. The lowest BCUT2D eigenvalue weighted by Gasteiger charge is -2.27. The molecule has 0 aromatic rings. The van der Waals surface area contributed by atoms with Crippen molar-refractivity contribution in [3.05, 3.63) is 0 Å². The Kier molecular flexibility index (Phi) is 4.08. The fourth-order valence-corrected chi connectivity index (χ4v) is 2.11. The quantitative estimate of drug-likeness (QED) is 0.709. The number of carbonyl (C=O) groups is 2. The summed E-state index contributed by atoms with van der Waals surface area (Å²) in [4.78, 5) is 23.3. The molecule has 5 heteroatoms. The standard InChI is InChI=1S/C10H17NO4/c1-7-3-2-6-11(7)8(10(14)15)4-5-9(12)13/h7-8H,2-6H2,1H3,(H,12,13)(H,14,15). The van der Waals surface area contributed by atoms with Crippen LogP contribution in [-0.2, 0) is 9.59 Å². The average Bonchev–Trinajstić information content (AvgIpc) is 2.51. The molecule has 2 atom stereocenters. The molecule has 1 aliphatic rings. The SMILES string of the molecule is CC1CCCN1C(CCC(=O)O)C(=O)O. The van der Waals surface area contributed by atoms with E-state index in [-0.39, 0.29) is 18.9 Å². The van der Waals surface area contributed by atoms with Gasteiger partial charge >= 0.3 is 11.9 Å². The van der Waals surface area contributed by atoms with E-state index in [1.54, 1.807) is 0 Å². The maximum Gasteiger partial charge on any atom is 0.320 e. The van der Waals surface area contributed by atoms with Crippen LogP contribution in [0.3, 0.4) is 0 Å². The van der Waals surface area contributed by atoms with Crippen molar-refractivity contribution >= 4 is 11.9 Å². The minimum atomic E-state index is -0.937. The van der Waals surface area contributed by atoms with Crippen LogP contribution in [0.5, 0.6) is 0 Å². The number of hydrogen-bond donors (Lipinski definition) is 2. The van der Waals surface area contributed by atoms with Crippen molar-refractivity contribution in [1.82, 2.24) is 4.90 Å². The highest BCUT2D eigenvalue weighted by atomic mass is 16.4. The normalized spacial score (nSPS) is 23.9. The van der Waals surface area contributed by atoms with Gasteiger partial charge in [-0.05, 0) is 32.7 Å². The summed E-state index contributed by atoms with van der Waals surface area (Å²) in [5, 5.41) is 17.6. The molecule has 5 nitrogen and oxygen atoms in total. The van der Waals surface area contributed by atoms with E-state index in [0.717, 1.165) is 19.4 Å². The molecule has 0 aromatic carbocycles. The van der Waals surface area contributed by atoms with E-state index in [1.165, 1.54) is 0 Å². The van der Waals surface area contributed by atoms with Crippen LogP contribution in [0.15, 0.2) is 0 Å². The molecule has 1 rings (SSSR count). The largest absolute Gasteiger partial charge is 0.481 e. The van der Waals surface area contributed by atoms with E-state index in [9.17, 15) is 9.59 Å². The maximum atomic E-state index is 11.0. The first-order valence-corrected chi connectivity index (χ1v) is 5.22. The minimum Gasteiger partial charge on any atom is -0.481 e. The van der Waals surface area contributed by atoms with Crippen LogP contribution in [0, 0.1) is 0 Å². The monoisotopic (exact) mass is 215 g/mol. The molecular weight excluding hydrogens is 198 g/mol. The van der Waals surface area contributed by atoms with E-state index in [0.29, 0.717) is 0 Å². The molecule has 2 unspecified atom stereocenters. The molecule has 2 N–H and O–H groups in total. The van der Waals surface area contributed by atoms with Gasteiger partial charge in [0.05, 0.1) is 0 Å². The molecule has 1 fully saturated rings. The van der Waals surface area contributed by atoms with Gasteiger partial charge in [0.15, 0.2) is 0 Å². The van der Waals surface area contributed by atoms with Crippen LogP contribution < -0.4 is 0 Å². The molecule has 15 heavy (non-hydrogen) atoms. The summed E-state index contributed by atoms with van der Waals surface area (Å²) in [7, 11) is 0. The van der Waals surface area contributed by atoms with E-state index in [1.807, 2.05) is 11.8 Å². The van der Waals surface area contributed by atoms with Gasteiger partial charge in [-0.25, -0.2) is 0 Å². The highest BCUT2D eigenvalue weighted by Gasteiger charge is 2.32. The van der Waals surface area contributed by atoms with Gasteiger partial charge < -0.3 is 10.2 Å². The Bertz CT molecular complexity index is 254. The molecule has 0 radical (unpaired) electrons. The number of carboxylic acids is 2. The summed E-state index contributed by atoms with van der Waals surface area (Å²) in [5.74, 6) is -1.85.